The van der Waals surface area contributed by atoms with Crippen molar-refractivity contribution >= 4 is 0 Å². The lowest BCUT2D eigenvalue weighted by molar-refractivity contribution is -0.396. The van der Waals surface area contributed by atoms with Gasteiger partial charge in [-0.25, -0.2) is 0 Å². The second-order valence-electron chi connectivity index (χ2n) is 5.99. The summed E-state index contributed by atoms with van der Waals surface area (Å²) in [5.74, 6) is 0. The highest BCUT2D eigenvalue weighted by molar-refractivity contribution is 4.65. The summed E-state index contributed by atoms with van der Waals surface area (Å²) < 4.78 is 80.7. The van der Waals surface area contributed by atoms with E-state index in [0.717, 1.165) is 0 Å². The molecule has 0 aromatic carbocycles. The number of ether oxygens (including phenoxy) is 6. The van der Waals surface area contributed by atoms with Gasteiger partial charge >= 0.3 is 12.2 Å². The Morgan fingerprint density at radius 3 is 2.00 bits per heavy atom. The molecule has 13 heteroatoms. The largest absolute Gasteiger partial charge is 0.396 e. The fraction of sp³-hybridized carbons (Fsp3) is 0.882. The van der Waals surface area contributed by atoms with Gasteiger partial charge in [0.25, 0.3) is 0 Å². The standard InChI is InChI=1S/C17H30F4O9/c1-2-5-25-9-15(24)10-28-11-16(18,19)30-17(20,21)12-29-13-27-7-6-26-8-14(23)3-4-22/h2,14-15,22-24H,1,3-13H2. The number of hydrogen-bond acceptors (Lipinski definition) is 9. The van der Waals surface area contributed by atoms with E-state index >= 15 is 0 Å². The van der Waals surface area contributed by atoms with Gasteiger partial charge in [0.1, 0.15) is 26.1 Å². The van der Waals surface area contributed by atoms with Crippen molar-refractivity contribution in [1.29, 1.82) is 0 Å². The van der Waals surface area contributed by atoms with Gasteiger partial charge in [-0.3, -0.25) is 4.74 Å². The first-order valence-electron chi connectivity index (χ1n) is 9.04. The predicted octanol–water partition coefficient (Wildman–Crippen LogP) is 0.519. The van der Waals surface area contributed by atoms with Gasteiger partial charge < -0.3 is 39.0 Å². The van der Waals surface area contributed by atoms with Crippen molar-refractivity contribution in [2.45, 2.75) is 30.8 Å². The van der Waals surface area contributed by atoms with Crippen LogP contribution in [0.3, 0.4) is 0 Å². The van der Waals surface area contributed by atoms with Crippen LogP contribution in [0, 0.1) is 0 Å². The Morgan fingerprint density at radius 1 is 0.800 bits per heavy atom. The highest BCUT2D eigenvalue weighted by Gasteiger charge is 2.44. The van der Waals surface area contributed by atoms with Gasteiger partial charge in [0.2, 0.25) is 0 Å². The van der Waals surface area contributed by atoms with Crippen molar-refractivity contribution in [2.24, 2.45) is 0 Å². The zero-order chi connectivity index (χ0) is 22.9. The molecule has 0 saturated heterocycles. The van der Waals surface area contributed by atoms with Crippen LogP contribution in [0.25, 0.3) is 0 Å². The van der Waals surface area contributed by atoms with E-state index in [1.807, 2.05) is 0 Å². The van der Waals surface area contributed by atoms with E-state index in [2.05, 4.69) is 20.8 Å². The summed E-state index contributed by atoms with van der Waals surface area (Å²) >= 11 is 0. The highest BCUT2D eigenvalue weighted by atomic mass is 19.3. The van der Waals surface area contributed by atoms with E-state index in [0.29, 0.717) is 0 Å². The summed E-state index contributed by atoms with van der Waals surface area (Å²) in [6.45, 7) is -1.11. The molecule has 0 rings (SSSR count). The number of hydrogen-bond donors (Lipinski definition) is 3. The first kappa shape index (κ1) is 29.1. The lowest BCUT2D eigenvalue weighted by atomic mass is 10.3. The van der Waals surface area contributed by atoms with E-state index in [4.69, 9.17) is 19.3 Å². The smallest absolute Gasteiger partial charge is 0.383 e. The molecule has 0 bridgehead atoms. The molecule has 0 amide bonds. The lowest BCUT2D eigenvalue weighted by Gasteiger charge is -2.24. The summed E-state index contributed by atoms with van der Waals surface area (Å²) in [6, 6.07) is 0. The summed E-state index contributed by atoms with van der Waals surface area (Å²) in [7, 11) is 0. The van der Waals surface area contributed by atoms with E-state index in [9.17, 15) is 27.8 Å². The first-order chi connectivity index (χ1) is 14.1. The Kier molecular flexibility index (Phi) is 16.2. The molecule has 3 N–H and O–H groups in total. The van der Waals surface area contributed by atoms with E-state index in [1.54, 1.807) is 0 Å². The number of halogens is 4. The Balaban J connectivity index is 3.85. The van der Waals surface area contributed by atoms with Crippen LogP contribution >= 0.6 is 0 Å². The molecule has 180 valence electrons. The second kappa shape index (κ2) is 16.8. The van der Waals surface area contributed by atoms with Crippen LogP contribution < -0.4 is 0 Å². The monoisotopic (exact) mass is 454 g/mol. The van der Waals surface area contributed by atoms with E-state index < -0.39 is 51.0 Å². The zero-order valence-corrected chi connectivity index (χ0v) is 16.5. The molecule has 2 unspecified atom stereocenters. The van der Waals surface area contributed by atoms with Gasteiger partial charge in [0.15, 0.2) is 0 Å². The van der Waals surface area contributed by atoms with Crippen LogP contribution in [-0.2, 0) is 28.4 Å². The van der Waals surface area contributed by atoms with Gasteiger partial charge in [0.05, 0.1) is 45.7 Å². The van der Waals surface area contributed by atoms with Gasteiger partial charge in [-0.05, 0) is 6.42 Å². The van der Waals surface area contributed by atoms with Crippen molar-refractivity contribution in [3.63, 3.8) is 0 Å². The molecule has 30 heavy (non-hydrogen) atoms. The molecular weight excluding hydrogens is 424 g/mol. The number of rotatable bonds is 21. The molecule has 0 aliphatic carbocycles. The first-order valence-corrected chi connectivity index (χ1v) is 9.04. The molecule has 9 nitrogen and oxygen atoms in total. The minimum Gasteiger partial charge on any atom is -0.396 e. The molecule has 0 aromatic rings. The molecule has 0 aliphatic rings. The topological polar surface area (TPSA) is 116 Å². The number of aliphatic hydroxyl groups excluding tert-OH is 3. The minimum absolute atomic E-state index is 0.0264. The molecule has 0 radical (unpaired) electrons. The van der Waals surface area contributed by atoms with E-state index in [1.165, 1.54) is 6.08 Å². The predicted molar refractivity (Wildman–Crippen MR) is 94.1 cm³/mol. The molecule has 2 atom stereocenters. The van der Waals surface area contributed by atoms with Gasteiger partial charge in [-0.1, -0.05) is 6.08 Å². The average Bonchev–Trinajstić information content (AvgIpc) is 2.63. The Bertz CT molecular complexity index is 430. The second-order valence-corrected chi connectivity index (χ2v) is 5.99. The van der Waals surface area contributed by atoms with E-state index in [-0.39, 0.29) is 46.1 Å². The van der Waals surface area contributed by atoms with Crippen LogP contribution in [0.2, 0.25) is 0 Å². The molecule has 0 aliphatic heterocycles. The van der Waals surface area contributed by atoms with Crippen molar-refractivity contribution in [2.75, 3.05) is 66.3 Å². The fourth-order valence-electron chi connectivity index (χ4n) is 1.77. The molecule has 0 saturated carbocycles. The van der Waals surface area contributed by atoms with Crippen LogP contribution in [0.4, 0.5) is 17.6 Å². The molecule has 0 fully saturated rings. The minimum atomic E-state index is -4.32. The van der Waals surface area contributed by atoms with Crippen molar-refractivity contribution in [1.82, 2.24) is 0 Å². The maximum absolute atomic E-state index is 13.4. The van der Waals surface area contributed by atoms with Gasteiger partial charge in [-0.15, -0.1) is 6.58 Å². The Labute approximate surface area is 172 Å². The van der Waals surface area contributed by atoms with Gasteiger partial charge in [0, 0.05) is 6.61 Å². The third-order valence-electron chi connectivity index (χ3n) is 3.01. The van der Waals surface area contributed by atoms with Crippen LogP contribution in [0.15, 0.2) is 12.7 Å². The molecule has 0 aromatic heterocycles. The van der Waals surface area contributed by atoms with Gasteiger partial charge in [-0.2, -0.15) is 17.6 Å². The van der Waals surface area contributed by atoms with Crippen LogP contribution in [-0.4, -0.2) is 106 Å². The van der Waals surface area contributed by atoms with Crippen LogP contribution in [0.5, 0.6) is 0 Å². The summed E-state index contributed by atoms with van der Waals surface area (Å²) in [4.78, 5) is 0. The fourth-order valence-corrected chi connectivity index (χ4v) is 1.77. The number of alkyl halides is 4. The molecular formula is C17H30F4O9. The summed E-state index contributed by atoms with van der Waals surface area (Å²) in [5.41, 5.74) is 0. The highest BCUT2D eigenvalue weighted by Crippen LogP contribution is 2.27. The van der Waals surface area contributed by atoms with Crippen molar-refractivity contribution in [3.8, 4) is 0 Å². The number of aliphatic hydroxyl groups is 3. The van der Waals surface area contributed by atoms with Crippen molar-refractivity contribution in [3.05, 3.63) is 12.7 Å². The SMILES string of the molecule is C=CCOCC(O)COCC(F)(F)OC(F)(F)COCOCCOCC(O)CCO. The Morgan fingerprint density at radius 2 is 1.37 bits per heavy atom. The van der Waals surface area contributed by atoms with Crippen molar-refractivity contribution < 1.29 is 61.3 Å². The zero-order valence-electron chi connectivity index (χ0n) is 16.5. The quantitative estimate of drug-likeness (QED) is 0.0988. The summed E-state index contributed by atoms with van der Waals surface area (Å²) in [6.07, 6.45) is -9.11. The lowest BCUT2D eigenvalue weighted by Crippen LogP contribution is -2.40. The molecule has 0 spiro atoms. The Hall–Kier alpha value is -0.900. The third kappa shape index (κ3) is 17.9. The maximum Gasteiger partial charge on any atom is 0.383 e. The maximum atomic E-state index is 13.4. The van der Waals surface area contributed by atoms with Crippen LogP contribution in [0.1, 0.15) is 6.42 Å². The normalized spacial score (nSPS) is 14.6. The molecule has 0 heterocycles. The average molecular weight is 454 g/mol. The third-order valence-corrected chi connectivity index (χ3v) is 3.01. The summed E-state index contributed by atoms with van der Waals surface area (Å²) in [5, 5.41) is 27.2.